The van der Waals surface area contributed by atoms with Gasteiger partial charge in [0.2, 0.25) is 0 Å². The highest BCUT2D eigenvalue weighted by atomic mass is 16.7. The van der Waals surface area contributed by atoms with Gasteiger partial charge in [-0.1, -0.05) is 72.6 Å². The van der Waals surface area contributed by atoms with Crippen LogP contribution in [0.25, 0.3) is 0 Å². The third kappa shape index (κ3) is 9.40. The Morgan fingerprint density at radius 2 is 1.44 bits per heavy atom. The molecule has 0 amide bonds. The fourth-order valence-electron chi connectivity index (χ4n) is 5.94. The third-order valence-corrected chi connectivity index (χ3v) is 9.16. The van der Waals surface area contributed by atoms with Crippen molar-refractivity contribution in [1.82, 2.24) is 0 Å². The Kier molecular flexibility index (Phi) is 11.2. The first kappa shape index (κ1) is 31.8. The summed E-state index contributed by atoms with van der Waals surface area (Å²) in [5.41, 5.74) is 3.63. The van der Waals surface area contributed by atoms with E-state index in [-0.39, 0.29) is 17.8 Å². The van der Waals surface area contributed by atoms with Crippen molar-refractivity contribution in [2.75, 3.05) is 13.2 Å². The average molecular weight is 545 g/mol. The molecule has 1 aromatic rings. The van der Waals surface area contributed by atoms with E-state index in [0.717, 1.165) is 65.0 Å². The number of epoxide rings is 1. The number of hydrogen-bond acceptors (Lipinski definition) is 5. The molecular weight excluding hydrogens is 488 g/mol. The number of ether oxygens (including phenoxy) is 4. The maximum absolute atomic E-state index is 12.4. The number of benzene rings is 1. The lowest BCUT2D eigenvalue weighted by Gasteiger charge is -2.38. The first-order chi connectivity index (χ1) is 18.3. The van der Waals surface area contributed by atoms with Crippen molar-refractivity contribution in [3.8, 4) is 11.5 Å². The second kappa shape index (κ2) is 13.7. The number of carbonyl (C=O) groups excluding carboxylic acids is 1. The van der Waals surface area contributed by atoms with E-state index in [1.54, 1.807) is 0 Å². The van der Waals surface area contributed by atoms with E-state index in [1.165, 1.54) is 51.4 Å². The Morgan fingerprint density at radius 3 is 2.03 bits per heavy atom. The minimum atomic E-state index is -0.673. The van der Waals surface area contributed by atoms with Crippen LogP contribution in [0, 0.1) is 38.5 Å². The van der Waals surface area contributed by atoms with Crippen molar-refractivity contribution in [2.45, 2.75) is 144 Å². The molecule has 1 aromatic carbocycles. The van der Waals surface area contributed by atoms with Gasteiger partial charge in [-0.2, -0.15) is 0 Å². The van der Waals surface area contributed by atoms with Crippen LogP contribution in [-0.2, 0) is 15.9 Å². The van der Waals surface area contributed by atoms with Crippen molar-refractivity contribution in [2.24, 2.45) is 17.8 Å². The summed E-state index contributed by atoms with van der Waals surface area (Å²) in [5.74, 6) is 4.05. The minimum absolute atomic E-state index is 0.150. The van der Waals surface area contributed by atoms with Crippen molar-refractivity contribution >= 4 is 6.16 Å². The Hall–Kier alpha value is -1.75. The van der Waals surface area contributed by atoms with E-state index in [2.05, 4.69) is 41.5 Å². The van der Waals surface area contributed by atoms with Gasteiger partial charge in [-0.15, -0.1) is 0 Å². The molecular formula is C34H56O5. The van der Waals surface area contributed by atoms with E-state index in [9.17, 15) is 4.79 Å². The van der Waals surface area contributed by atoms with Crippen LogP contribution in [0.3, 0.4) is 0 Å². The SMILES string of the molecule is Cc1c(C)c2c(c(C)c1OC(=O)OCC1(C)CO1)CCC(C)(CCCC(C)CCCC(C)CCCC(C)C)O2. The molecule has 2 aliphatic heterocycles. The summed E-state index contributed by atoms with van der Waals surface area (Å²) in [6.07, 6.45) is 13.0. The summed E-state index contributed by atoms with van der Waals surface area (Å²) < 4.78 is 23.0. The van der Waals surface area contributed by atoms with Gasteiger partial charge in [0, 0.05) is 5.56 Å². The molecule has 0 bridgehead atoms. The summed E-state index contributed by atoms with van der Waals surface area (Å²) in [4.78, 5) is 12.4. The average Bonchev–Trinajstić information content (AvgIpc) is 3.61. The molecule has 4 unspecified atom stereocenters. The Labute approximate surface area is 238 Å². The summed E-state index contributed by atoms with van der Waals surface area (Å²) in [5, 5.41) is 0. The van der Waals surface area contributed by atoms with Crippen LogP contribution < -0.4 is 9.47 Å². The number of fused-ring (bicyclic) bond motifs is 1. The zero-order valence-electron chi connectivity index (χ0n) is 26.5. The maximum Gasteiger partial charge on any atom is 0.513 e. The molecule has 2 aliphatic rings. The van der Waals surface area contributed by atoms with E-state index in [1.807, 2.05) is 20.8 Å². The predicted octanol–water partition coefficient (Wildman–Crippen LogP) is 9.44. The molecule has 0 radical (unpaired) electrons. The van der Waals surface area contributed by atoms with Crippen LogP contribution in [0.5, 0.6) is 11.5 Å². The van der Waals surface area contributed by atoms with Crippen LogP contribution >= 0.6 is 0 Å². The largest absolute Gasteiger partial charge is 0.513 e. The topological polar surface area (TPSA) is 57.3 Å². The number of carbonyl (C=O) groups is 1. The van der Waals surface area contributed by atoms with Crippen LogP contribution in [0.2, 0.25) is 0 Å². The van der Waals surface area contributed by atoms with E-state index < -0.39 is 6.16 Å². The van der Waals surface area contributed by atoms with Crippen molar-refractivity contribution < 1.29 is 23.7 Å². The van der Waals surface area contributed by atoms with Gasteiger partial charge in [0.15, 0.2) is 0 Å². The molecule has 5 nitrogen and oxygen atoms in total. The third-order valence-electron chi connectivity index (χ3n) is 9.16. The van der Waals surface area contributed by atoms with Gasteiger partial charge >= 0.3 is 6.16 Å². The maximum atomic E-state index is 12.4. The van der Waals surface area contributed by atoms with E-state index in [4.69, 9.17) is 18.9 Å². The highest BCUT2D eigenvalue weighted by Gasteiger charge is 2.41. The van der Waals surface area contributed by atoms with Crippen LogP contribution in [0.4, 0.5) is 4.79 Å². The fourth-order valence-corrected chi connectivity index (χ4v) is 5.94. The van der Waals surface area contributed by atoms with Crippen molar-refractivity contribution in [3.05, 3.63) is 22.3 Å². The zero-order chi connectivity index (χ0) is 28.8. The number of hydrogen-bond donors (Lipinski definition) is 0. The van der Waals surface area contributed by atoms with Crippen LogP contribution in [0.1, 0.15) is 128 Å². The molecule has 0 aromatic heterocycles. The van der Waals surface area contributed by atoms with Crippen molar-refractivity contribution in [3.63, 3.8) is 0 Å². The van der Waals surface area contributed by atoms with Crippen LogP contribution in [-0.4, -0.2) is 30.6 Å². The van der Waals surface area contributed by atoms with Gasteiger partial charge in [0.05, 0.1) is 6.61 Å². The molecule has 1 fully saturated rings. The fraction of sp³-hybridized carbons (Fsp3) is 0.794. The zero-order valence-corrected chi connectivity index (χ0v) is 26.5. The van der Waals surface area contributed by atoms with Gasteiger partial charge < -0.3 is 18.9 Å². The lowest BCUT2D eigenvalue weighted by atomic mass is 9.83. The standard InChI is InChI=1S/C34H56O5/c1-23(2)13-10-14-24(3)15-11-16-25(4)17-12-19-33(8)20-18-29-28(7)30(26(5)27(6)31(29)39-33)38-32(35)36-21-34(9)22-37-34/h23-25H,10-22H2,1-9H3. The molecule has 0 N–H and O–H groups in total. The highest BCUT2D eigenvalue weighted by molar-refractivity contribution is 5.68. The first-order valence-electron chi connectivity index (χ1n) is 15.6. The lowest BCUT2D eigenvalue weighted by molar-refractivity contribution is 0.0507. The summed E-state index contributed by atoms with van der Waals surface area (Å²) >= 11 is 0. The molecule has 1 saturated heterocycles. The van der Waals surface area contributed by atoms with Crippen molar-refractivity contribution in [1.29, 1.82) is 0 Å². The Bertz CT molecular complexity index is 963. The normalized spacial score (nSPS) is 23.6. The highest BCUT2D eigenvalue weighted by Crippen LogP contribution is 2.45. The Morgan fingerprint density at radius 1 is 0.846 bits per heavy atom. The monoisotopic (exact) mass is 544 g/mol. The summed E-state index contributed by atoms with van der Waals surface area (Å²) in [6, 6.07) is 0. The van der Waals surface area contributed by atoms with Gasteiger partial charge in [-0.25, -0.2) is 4.79 Å². The predicted molar refractivity (Wildman–Crippen MR) is 159 cm³/mol. The molecule has 39 heavy (non-hydrogen) atoms. The Balaban J connectivity index is 1.47. The number of rotatable bonds is 15. The second-order valence-corrected chi connectivity index (χ2v) is 13.8. The summed E-state index contributed by atoms with van der Waals surface area (Å²) in [7, 11) is 0. The first-order valence-corrected chi connectivity index (χ1v) is 15.6. The van der Waals surface area contributed by atoms with Crippen LogP contribution in [0.15, 0.2) is 0 Å². The van der Waals surface area contributed by atoms with E-state index in [0.29, 0.717) is 12.4 Å². The molecule has 0 aliphatic carbocycles. The molecule has 3 rings (SSSR count). The van der Waals surface area contributed by atoms with Gasteiger partial charge in [0.1, 0.15) is 29.3 Å². The molecule has 4 atom stereocenters. The molecule has 5 heteroatoms. The second-order valence-electron chi connectivity index (χ2n) is 13.8. The van der Waals surface area contributed by atoms with Gasteiger partial charge in [0.25, 0.3) is 0 Å². The molecule has 0 spiro atoms. The minimum Gasteiger partial charge on any atom is -0.487 e. The quantitative estimate of drug-likeness (QED) is 0.125. The lowest BCUT2D eigenvalue weighted by Crippen LogP contribution is -2.37. The van der Waals surface area contributed by atoms with E-state index >= 15 is 0 Å². The summed E-state index contributed by atoms with van der Waals surface area (Å²) in [6.45, 7) is 20.6. The van der Waals surface area contributed by atoms with Gasteiger partial charge in [-0.3, -0.25) is 0 Å². The molecule has 222 valence electrons. The smallest absolute Gasteiger partial charge is 0.487 e. The molecule has 0 saturated carbocycles. The molecule has 2 heterocycles. The van der Waals surface area contributed by atoms with Gasteiger partial charge in [-0.05, 0) is 94.7 Å².